The molecule has 0 aromatic carbocycles. The lowest BCUT2D eigenvalue weighted by molar-refractivity contribution is -0.0531. The highest BCUT2D eigenvalue weighted by molar-refractivity contribution is 8.13. The quantitative estimate of drug-likeness (QED) is 0.869. The predicted molar refractivity (Wildman–Crippen MR) is 73.7 cm³/mol. The number of rotatable bonds is 3. The number of aromatic amines is 1. The molecule has 0 amide bonds. The molecule has 110 valence electrons. The first-order valence-electron chi connectivity index (χ1n) is 7.28. The summed E-state index contributed by atoms with van der Waals surface area (Å²) in [6, 6.07) is 0. The van der Waals surface area contributed by atoms with E-state index >= 15 is 0 Å². The Labute approximate surface area is 122 Å². The highest BCUT2D eigenvalue weighted by Gasteiger charge is 2.51. The van der Waals surface area contributed by atoms with E-state index in [4.69, 9.17) is 10.7 Å². The molecule has 5 rings (SSSR count). The smallest absolute Gasteiger partial charge is 0.262 e. The van der Waals surface area contributed by atoms with E-state index < -0.39 is 9.05 Å². The second kappa shape index (κ2) is 4.19. The van der Waals surface area contributed by atoms with Gasteiger partial charge in [0.15, 0.2) is 0 Å². The van der Waals surface area contributed by atoms with Gasteiger partial charge in [-0.15, -0.1) is 5.10 Å². The zero-order valence-corrected chi connectivity index (χ0v) is 12.8. The predicted octanol–water partition coefficient (Wildman–Crippen LogP) is 2.49. The van der Waals surface area contributed by atoms with Crippen molar-refractivity contribution in [3.63, 3.8) is 0 Å². The Hall–Kier alpha value is -0.620. The summed E-state index contributed by atoms with van der Waals surface area (Å²) in [4.78, 5) is 4.07. The summed E-state index contributed by atoms with van der Waals surface area (Å²) in [7, 11) is 1.45. The summed E-state index contributed by atoms with van der Waals surface area (Å²) in [6.45, 7) is 0. The Bertz CT molecular complexity index is 605. The largest absolute Gasteiger partial charge is 0.298 e. The molecular weight excluding hydrogens is 298 g/mol. The minimum absolute atomic E-state index is 0.293. The molecule has 4 aliphatic carbocycles. The molecule has 0 unspecified atom stereocenters. The van der Waals surface area contributed by atoms with E-state index in [1.807, 2.05) is 0 Å². The van der Waals surface area contributed by atoms with Gasteiger partial charge in [0.25, 0.3) is 14.2 Å². The van der Waals surface area contributed by atoms with Gasteiger partial charge in [-0.25, -0.2) is 13.4 Å². The summed E-state index contributed by atoms with van der Waals surface area (Å²) in [5, 5.41) is 6.20. The molecule has 4 fully saturated rings. The topological polar surface area (TPSA) is 75.7 Å². The van der Waals surface area contributed by atoms with Crippen LogP contribution in [0.4, 0.5) is 0 Å². The van der Waals surface area contributed by atoms with Crippen LogP contribution in [0.25, 0.3) is 0 Å². The number of hydrogen-bond acceptors (Lipinski definition) is 4. The first-order chi connectivity index (χ1) is 9.42. The molecule has 1 aromatic heterocycles. The van der Waals surface area contributed by atoms with Crippen LogP contribution >= 0.6 is 10.7 Å². The standard InChI is InChI=1S/C13H18ClN3O2S/c14-20(18,19)12-15-11(16-17-12)7-13-4-8-1-9(5-13)3-10(2-8)6-13/h8-10H,1-7H2,(H,15,16,17). The van der Waals surface area contributed by atoms with Crippen LogP contribution in [-0.4, -0.2) is 23.6 Å². The van der Waals surface area contributed by atoms with E-state index in [0.717, 1.165) is 24.2 Å². The summed E-state index contributed by atoms with van der Waals surface area (Å²) < 4.78 is 22.5. The SMILES string of the molecule is O=S(=O)(Cl)c1n[nH]c(CC23CC4CC(CC(C4)C2)C3)n1. The van der Waals surface area contributed by atoms with Gasteiger partial charge in [-0.2, -0.15) is 0 Å². The monoisotopic (exact) mass is 315 g/mol. The van der Waals surface area contributed by atoms with Crippen LogP contribution < -0.4 is 0 Å². The Morgan fingerprint density at radius 3 is 2.15 bits per heavy atom. The van der Waals surface area contributed by atoms with Crippen molar-refractivity contribution in [1.82, 2.24) is 15.2 Å². The van der Waals surface area contributed by atoms with Crippen molar-refractivity contribution >= 4 is 19.7 Å². The highest BCUT2D eigenvalue weighted by atomic mass is 35.7. The fraction of sp³-hybridized carbons (Fsp3) is 0.846. The summed E-state index contributed by atoms with van der Waals surface area (Å²) in [5.74, 6) is 3.30. The zero-order chi connectivity index (χ0) is 14.0. The van der Waals surface area contributed by atoms with Crippen LogP contribution in [0, 0.1) is 23.2 Å². The number of H-pyrrole nitrogens is 1. The molecule has 0 atom stereocenters. The average molecular weight is 316 g/mol. The van der Waals surface area contributed by atoms with Crippen LogP contribution in [-0.2, 0) is 15.5 Å². The fourth-order valence-electron chi connectivity index (χ4n) is 5.33. The van der Waals surface area contributed by atoms with Gasteiger partial charge in [-0.05, 0) is 61.7 Å². The summed E-state index contributed by atoms with van der Waals surface area (Å²) in [6.07, 6.45) is 8.81. The van der Waals surface area contributed by atoms with Crippen molar-refractivity contribution in [2.45, 2.75) is 50.1 Å². The molecule has 7 heteroatoms. The molecule has 1 aromatic rings. The molecule has 4 saturated carbocycles. The molecule has 5 nitrogen and oxygen atoms in total. The van der Waals surface area contributed by atoms with Gasteiger partial charge in [0, 0.05) is 17.1 Å². The molecule has 1 heterocycles. The molecule has 0 aliphatic heterocycles. The van der Waals surface area contributed by atoms with Crippen LogP contribution in [0.15, 0.2) is 5.16 Å². The van der Waals surface area contributed by atoms with Gasteiger partial charge in [-0.1, -0.05) is 0 Å². The van der Waals surface area contributed by atoms with Crippen molar-refractivity contribution in [1.29, 1.82) is 0 Å². The Kier molecular flexibility index (Phi) is 2.74. The van der Waals surface area contributed by atoms with Crippen LogP contribution in [0.5, 0.6) is 0 Å². The van der Waals surface area contributed by atoms with Crippen LogP contribution in [0.1, 0.15) is 44.3 Å². The Balaban J connectivity index is 1.58. The molecule has 4 bridgehead atoms. The van der Waals surface area contributed by atoms with E-state index in [0.29, 0.717) is 11.2 Å². The molecule has 0 spiro atoms. The summed E-state index contributed by atoms with van der Waals surface area (Å²) >= 11 is 0. The highest BCUT2D eigenvalue weighted by Crippen LogP contribution is 2.60. The number of nitrogens with one attached hydrogen (secondary N) is 1. The van der Waals surface area contributed by atoms with Gasteiger partial charge < -0.3 is 0 Å². The lowest BCUT2D eigenvalue weighted by atomic mass is 9.49. The van der Waals surface area contributed by atoms with Gasteiger partial charge >= 0.3 is 0 Å². The summed E-state index contributed by atoms with van der Waals surface area (Å²) in [5.41, 5.74) is 0.321. The molecule has 0 saturated heterocycles. The minimum atomic E-state index is -3.83. The third-order valence-electron chi connectivity index (χ3n) is 5.44. The van der Waals surface area contributed by atoms with E-state index in [2.05, 4.69) is 15.2 Å². The number of nitrogens with zero attached hydrogens (tertiary/aromatic N) is 2. The van der Waals surface area contributed by atoms with Crippen LogP contribution in [0.2, 0.25) is 0 Å². The van der Waals surface area contributed by atoms with E-state index in [1.165, 1.54) is 38.5 Å². The lowest BCUT2D eigenvalue weighted by Crippen LogP contribution is -2.47. The first-order valence-corrected chi connectivity index (χ1v) is 9.59. The Morgan fingerprint density at radius 1 is 1.15 bits per heavy atom. The fourth-order valence-corrected chi connectivity index (χ4v) is 5.91. The minimum Gasteiger partial charge on any atom is -0.262 e. The normalized spacial score (nSPS) is 39.4. The van der Waals surface area contributed by atoms with Gasteiger partial charge in [0.2, 0.25) is 0 Å². The van der Waals surface area contributed by atoms with Crippen molar-refractivity contribution in [2.75, 3.05) is 0 Å². The molecular formula is C13H18ClN3O2S. The first kappa shape index (κ1) is 13.1. The lowest BCUT2D eigenvalue weighted by Gasteiger charge is -2.56. The van der Waals surface area contributed by atoms with Crippen molar-refractivity contribution < 1.29 is 8.42 Å². The van der Waals surface area contributed by atoms with Crippen molar-refractivity contribution in [3.8, 4) is 0 Å². The maximum atomic E-state index is 11.2. The van der Waals surface area contributed by atoms with E-state index in [-0.39, 0.29) is 5.16 Å². The van der Waals surface area contributed by atoms with Gasteiger partial charge in [-0.3, -0.25) is 5.10 Å². The maximum absolute atomic E-state index is 11.2. The zero-order valence-electron chi connectivity index (χ0n) is 11.2. The van der Waals surface area contributed by atoms with Crippen molar-refractivity contribution in [3.05, 3.63) is 5.82 Å². The van der Waals surface area contributed by atoms with E-state index in [9.17, 15) is 8.42 Å². The molecule has 0 radical (unpaired) electrons. The second-order valence-electron chi connectivity index (χ2n) is 7.10. The second-order valence-corrected chi connectivity index (χ2v) is 9.56. The van der Waals surface area contributed by atoms with Crippen molar-refractivity contribution in [2.24, 2.45) is 23.2 Å². The van der Waals surface area contributed by atoms with E-state index in [1.54, 1.807) is 0 Å². The molecule has 20 heavy (non-hydrogen) atoms. The third-order valence-corrected chi connectivity index (χ3v) is 6.47. The number of hydrogen-bond donors (Lipinski definition) is 1. The average Bonchev–Trinajstić information content (AvgIpc) is 2.74. The van der Waals surface area contributed by atoms with Gasteiger partial charge in [0.1, 0.15) is 5.82 Å². The number of halogens is 1. The molecule has 4 aliphatic rings. The van der Waals surface area contributed by atoms with Gasteiger partial charge in [0.05, 0.1) is 0 Å². The Morgan fingerprint density at radius 2 is 1.70 bits per heavy atom. The third kappa shape index (κ3) is 2.17. The number of aromatic nitrogens is 3. The van der Waals surface area contributed by atoms with Crippen LogP contribution in [0.3, 0.4) is 0 Å². The molecule has 1 N–H and O–H groups in total. The maximum Gasteiger partial charge on any atom is 0.298 e.